The zero-order chi connectivity index (χ0) is 17.6. The van der Waals surface area contributed by atoms with Crippen LogP contribution in [0.2, 0.25) is 0 Å². The summed E-state index contributed by atoms with van der Waals surface area (Å²) in [5.41, 5.74) is -0.530. The predicted octanol–water partition coefficient (Wildman–Crippen LogP) is 3.38. The van der Waals surface area contributed by atoms with Crippen molar-refractivity contribution in [1.82, 2.24) is 0 Å². The van der Waals surface area contributed by atoms with Crippen molar-refractivity contribution in [1.29, 1.82) is 0 Å². The second-order valence-corrected chi connectivity index (χ2v) is 5.69. The summed E-state index contributed by atoms with van der Waals surface area (Å²) < 4.78 is 5.68. The fraction of sp³-hybridized carbons (Fsp3) is 0.250. The quantitative estimate of drug-likeness (QED) is 0.730. The minimum atomic E-state index is -2.11. The molecule has 0 aliphatic heterocycles. The van der Waals surface area contributed by atoms with Crippen LogP contribution < -0.4 is 0 Å². The molecule has 0 aliphatic carbocycles. The Bertz CT molecular complexity index is 669. The zero-order valence-electron chi connectivity index (χ0n) is 13.6. The highest BCUT2D eigenvalue weighted by Gasteiger charge is 2.49. The Kier molecular flexibility index (Phi) is 5.90. The summed E-state index contributed by atoms with van der Waals surface area (Å²) in [6.07, 6.45) is 0.518. The van der Waals surface area contributed by atoms with E-state index in [2.05, 4.69) is 6.58 Å². The third kappa shape index (κ3) is 3.72. The summed E-state index contributed by atoms with van der Waals surface area (Å²) in [5.74, 6) is -2.13. The number of aliphatic hydroxyl groups is 1. The van der Waals surface area contributed by atoms with Crippen LogP contribution in [0.15, 0.2) is 73.3 Å². The van der Waals surface area contributed by atoms with Gasteiger partial charge in [-0.05, 0) is 18.1 Å². The number of carboxylic acid groups (broad SMARTS) is 1. The van der Waals surface area contributed by atoms with Gasteiger partial charge in [0.15, 0.2) is 5.60 Å². The van der Waals surface area contributed by atoms with E-state index < -0.39 is 23.6 Å². The summed E-state index contributed by atoms with van der Waals surface area (Å²) in [5, 5.41) is 20.6. The van der Waals surface area contributed by atoms with Crippen LogP contribution in [0, 0.1) is 0 Å². The normalized spacial score (nSPS) is 15.9. The lowest BCUT2D eigenvalue weighted by Crippen LogP contribution is -2.53. The van der Waals surface area contributed by atoms with Gasteiger partial charge in [-0.25, -0.2) is 4.79 Å². The molecule has 2 N–H and O–H groups in total. The molecule has 4 nitrogen and oxygen atoms in total. The molecule has 0 bridgehead atoms. The lowest BCUT2D eigenvalue weighted by Gasteiger charge is -2.35. The molecule has 24 heavy (non-hydrogen) atoms. The molecular weight excluding hydrogens is 304 g/mol. The Hall–Kier alpha value is -2.43. The minimum Gasteiger partial charge on any atom is -0.479 e. The van der Waals surface area contributed by atoms with Gasteiger partial charge in [-0.3, -0.25) is 0 Å². The number of rotatable bonds is 8. The van der Waals surface area contributed by atoms with Crippen LogP contribution in [0.5, 0.6) is 0 Å². The van der Waals surface area contributed by atoms with Crippen molar-refractivity contribution in [2.45, 2.75) is 31.2 Å². The van der Waals surface area contributed by atoms with E-state index in [1.54, 1.807) is 31.2 Å². The van der Waals surface area contributed by atoms with Crippen LogP contribution in [0.25, 0.3) is 0 Å². The summed E-state index contributed by atoms with van der Waals surface area (Å²) in [6, 6.07) is 18.4. The number of aliphatic carboxylic acids is 1. The Morgan fingerprint density at radius 3 is 2.21 bits per heavy atom. The van der Waals surface area contributed by atoms with Gasteiger partial charge in [-0.1, -0.05) is 66.7 Å². The first-order valence-corrected chi connectivity index (χ1v) is 7.79. The number of benzene rings is 2. The highest BCUT2D eigenvalue weighted by Crippen LogP contribution is 2.34. The van der Waals surface area contributed by atoms with Gasteiger partial charge in [0.05, 0.1) is 12.7 Å². The number of carboxylic acids is 1. The van der Waals surface area contributed by atoms with Gasteiger partial charge in [0, 0.05) is 5.92 Å². The Morgan fingerprint density at radius 2 is 1.71 bits per heavy atom. The van der Waals surface area contributed by atoms with Crippen molar-refractivity contribution in [2.24, 2.45) is 0 Å². The van der Waals surface area contributed by atoms with Gasteiger partial charge in [0.1, 0.15) is 0 Å². The average molecular weight is 326 g/mol. The van der Waals surface area contributed by atoms with E-state index in [4.69, 9.17) is 4.74 Å². The first-order chi connectivity index (χ1) is 11.5. The minimum absolute atomic E-state index is 0.219. The Balaban J connectivity index is 2.25. The number of hydrogen-bond acceptors (Lipinski definition) is 3. The fourth-order valence-corrected chi connectivity index (χ4v) is 2.71. The van der Waals surface area contributed by atoms with E-state index in [1.165, 1.54) is 6.08 Å². The SMILES string of the molecule is C=C[C@@H](c1ccccc1)[C@](O)(C(=O)O)[C@@H](C)OCc1ccccc1. The van der Waals surface area contributed by atoms with Crippen LogP contribution in [-0.2, 0) is 16.1 Å². The first kappa shape index (κ1) is 17.9. The molecular formula is C20H22O4. The van der Waals surface area contributed by atoms with E-state index in [1.807, 2.05) is 36.4 Å². The number of carbonyl (C=O) groups is 1. The largest absolute Gasteiger partial charge is 0.479 e. The lowest BCUT2D eigenvalue weighted by atomic mass is 9.78. The predicted molar refractivity (Wildman–Crippen MR) is 92.7 cm³/mol. The molecule has 2 aromatic carbocycles. The molecule has 0 heterocycles. The van der Waals surface area contributed by atoms with E-state index in [9.17, 15) is 15.0 Å². The smallest absolute Gasteiger partial charge is 0.339 e. The molecule has 0 radical (unpaired) electrons. The van der Waals surface area contributed by atoms with E-state index in [0.717, 1.165) is 5.56 Å². The second kappa shape index (κ2) is 7.90. The van der Waals surface area contributed by atoms with Crippen molar-refractivity contribution in [3.8, 4) is 0 Å². The number of ether oxygens (including phenoxy) is 1. The monoisotopic (exact) mass is 326 g/mol. The maximum absolute atomic E-state index is 11.9. The van der Waals surface area contributed by atoms with Gasteiger partial charge < -0.3 is 14.9 Å². The van der Waals surface area contributed by atoms with Crippen LogP contribution in [-0.4, -0.2) is 27.9 Å². The van der Waals surface area contributed by atoms with E-state index in [-0.39, 0.29) is 6.61 Å². The van der Waals surface area contributed by atoms with Crippen LogP contribution in [0.4, 0.5) is 0 Å². The summed E-state index contributed by atoms with van der Waals surface area (Å²) in [6.45, 7) is 5.49. The van der Waals surface area contributed by atoms with Crippen molar-refractivity contribution >= 4 is 5.97 Å². The molecule has 3 atom stereocenters. The molecule has 0 aromatic heterocycles. The van der Waals surface area contributed by atoms with Gasteiger partial charge in [0.2, 0.25) is 0 Å². The third-order valence-corrected chi connectivity index (χ3v) is 4.17. The molecule has 2 rings (SSSR count). The Morgan fingerprint density at radius 1 is 1.17 bits per heavy atom. The van der Waals surface area contributed by atoms with E-state index >= 15 is 0 Å². The third-order valence-electron chi connectivity index (χ3n) is 4.17. The summed E-state index contributed by atoms with van der Waals surface area (Å²) in [7, 11) is 0. The maximum Gasteiger partial charge on any atom is 0.339 e. The van der Waals surface area contributed by atoms with Crippen LogP contribution in [0.3, 0.4) is 0 Å². The van der Waals surface area contributed by atoms with Crippen molar-refractivity contribution < 1.29 is 19.7 Å². The first-order valence-electron chi connectivity index (χ1n) is 7.79. The molecule has 0 spiro atoms. The second-order valence-electron chi connectivity index (χ2n) is 5.69. The molecule has 0 amide bonds. The zero-order valence-corrected chi connectivity index (χ0v) is 13.6. The van der Waals surface area contributed by atoms with Gasteiger partial charge in [0.25, 0.3) is 0 Å². The summed E-state index contributed by atoms with van der Waals surface area (Å²) >= 11 is 0. The molecule has 4 heteroatoms. The molecule has 0 saturated heterocycles. The van der Waals surface area contributed by atoms with Gasteiger partial charge in [-0.15, -0.1) is 6.58 Å². The molecule has 0 fully saturated rings. The highest BCUT2D eigenvalue weighted by atomic mass is 16.5. The molecule has 2 aromatic rings. The van der Waals surface area contributed by atoms with Crippen molar-refractivity contribution in [3.63, 3.8) is 0 Å². The van der Waals surface area contributed by atoms with Gasteiger partial charge in [-0.2, -0.15) is 0 Å². The molecule has 126 valence electrons. The van der Waals surface area contributed by atoms with Crippen LogP contribution in [0.1, 0.15) is 24.0 Å². The number of hydrogen-bond donors (Lipinski definition) is 2. The van der Waals surface area contributed by atoms with Crippen molar-refractivity contribution in [2.75, 3.05) is 0 Å². The van der Waals surface area contributed by atoms with Crippen LogP contribution >= 0.6 is 0 Å². The van der Waals surface area contributed by atoms with E-state index in [0.29, 0.717) is 5.56 Å². The highest BCUT2D eigenvalue weighted by molar-refractivity contribution is 5.80. The maximum atomic E-state index is 11.9. The van der Waals surface area contributed by atoms with Crippen molar-refractivity contribution in [3.05, 3.63) is 84.4 Å². The fourth-order valence-electron chi connectivity index (χ4n) is 2.71. The van der Waals surface area contributed by atoms with Gasteiger partial charge >= 0.3 is 5.97 Å². The Labute approximate surface area is 142 Å². The standard InChI is InChI=1S/C20H22O4/c1-3-18(17-12-8-5-9-13-17)20(23,19(21)22)15(2)24-14-16-10-6-4-7-11-16/h3-13,15,18,23H,1,14H2,2H3,(H,21,22)/t15-,18+,20+/m1/s1. The lowest BCUT2D eigenvalue weighted by molar-refractivity contribution is -0.179. The summed E-state index contributed by atoms with van der Waals surface area (Å²) in [4.78, 5) is 11.9. The topological polar surface area (TPSA) is 66.8 Å². The molecule has 0 saturated carbocycles. The average Bonchev–Trinajstić information content (AvgIpc) is 2.61. The molecule has 0 aliphatic rings. The molecule has 0 unspecified atom stereocenters.